The summed E-state index contributed by atoms with van der Waals surface area (Å²) in [6.07, 6.45) is 5.94. The van der Waals surface area contributed by atoms with E-state index in [0.717, 1.165) is 73.9 Å². The summed E-state index contributed by atoms with van der Waals surface area (Å²) in [7, 11) is 3.36. The number of piperazine rings is 1. The molecular formula is C31H35Cl2N3O3. The summed E-state index contributed by atoms with van der Waals surface area (Å²) in [4.78, 5) is 17.4. The third-order valence-electron chi connectivity index (χ3n) is 6.87. The van der Waals surface area contributed by atoms with Gasteiger partial charge in [-0.25, -0.2) is 0 Å². The van der Waals surface area contributed by atoms with Crippen molar-refractivity contribution in [3.63, 3.8) is 0 Å². The Balaban J connectivity index is 1.14. The lowest BCUT2D eigenvalue weighted by Crippen LogP contribution is -2.46. The van der Waals surface area contributed by atoms with Gasteiger partial charge in [0.25, 0.3) is 5.91 Å². The van der Waals surface area contributed by atoms with Gasteiger partial charge in [-0.05, 0) is 66.9 Å². The molecule has 1 fully saturated rings. The van der Waals surface area contributed by atoms with Crippen LogP contribution >= 0.6 is 23.2 Å². The number of carbonyl (C=O) groups is 1. The van der Waals surface area contributed by atoms with Crippen molar-refractivity contribution < 1.29 is 14.3 Å². The fourth-order valence-electron chi connectivity index (χ4n) is 4.58. The number of anilines is 1. The molecule has 8 heteroatoms. The number of halogens is 2. The molecule has 0 bridgehead atoms. The molecule has 3 aromatic carbocycles. The van der Waals surface area contributed by atoms with Crippen molar-refractivity contribution in [3.8, 4) is 11.5 Å². The van der Waals surface area contributed by atoms with E-state index in [1.807, 2.05) is 60.7 Å². The van der Waals surface area contributed by atoms with E-state index in [1.54, 1.807) is 20.3 Å². The highest BCUT2D eigenvalue weighted by Crippen LogP contribution is 2.32. The monoisotopic (exact) mass is 567 g/mol. The molecule has 0 unspecified atom stereocenters. The van der Waals surface area contributed by atoms with Gasteiger partial charge in [0.2, 0.25) is 0 Å². The van der Waals surface area contributed by atoms with Crippen molar-refractivity contribution in [1.29, 1.82) is 0 Å². The summed E-state index contributed by atoms with van der Waals surface area (Å²) in [6.45, 7) is 5.63. The predicted molar refractivity (Wildman–Crippen MR) is 162 cm³/mol. The molecule has 0 aliphatic carbocycles. The molecule has 1 aliphatic rings. The van der Waals surface area contributed by atoms with E-state index < -0.39 is 0 Å². The van der Waals surface area contributed by atoms with E-state index in [0.29, 0.717) is 22.2 Å². The molecular weight excluding hydrogens is 533 g/mol. The molecule has 206 valence electrons. The first-order chi connectivity index (χ1) is 19.0. The molecule has 1 aliphatic heterocycles. The highest BCUT2D eigenvalue weighted by atomic mass is 35.5. The number of ether oxygens (including phenoxy) is 2. The van der Waals surface area contributed by atoms with Crippen LogP contribution in [-0.4, -0.2) is 64.3 Å². The quantitative estimate of drug-likeness (QED) is 0.211. The van der Waals surface area contributed by atoms with Crippen LogP contribution in [0.5, 0.6) is 11.5 Å². The van der Waals surface area contributed by atoms with Crippen LogP contribution in [-0.2, 0) is 0 Å². The van der Waals surface area contributed by atoms with Crippen LogP contribution in [0.4, 0.5) is 5.69 Å². The molecule has 0 atom stereocenters. The molecule has 0 aromatic heterocycles. The second-order valence-electron chi connectivity index (χ2n) is 9.46. The largest absolute Gasteiger partial charge is 0.497 e. The van der Waals surface area contributed by atoms with E-state index in [4.69, 9.17) is 32.7 Å². The Morgan fingerprint density at radius 2 is 1.56 bits per heavy atom. The van der Waals surface area contributed by atoms with Gasteiger partial charge in [-0.1, -0.05) is 53.6 Å². The third-order valence-corrected chi connectivity index (χ3v) is 7.61. The van der Waals surface area contributed by atoms with Crippen molar-refractivity contribution >= 4 is 46.9 Å². The smallest absolute Gasteiger partial charge is 0.251 e. The Kier molecular flexibility index (Phi) is 10.5. The molecule has 39 heavy (non-hydrogen) atoms. The number of hydrogen-bond acceptors (Lipinski definition) is 5. The van der Waals surface area contributed by atoms with Crippen molar-refractivity contribution in [2.24, 2.45) is 0 Å². The Hall–Kier alpha value is -3.19. The number of amides is 1. The highest BCUT2D eigenvalue weighted by Gasteiger charge is 2.20. The molecule has 1 amide bonds. The van der Waals surface area contributed by atoms with Gasteiger partial charge < -0.3 is 19.7 Å². The molecule has 1 saturated heterocycles. The van der Waals surface area contributed by atoms with Crippen LogP contribution < -0.4 is 19.7 Å². The first-order valence-corrected chi connectivity index (χ1v) is 13.9. The Morgan fingerprint density at radius 3 is 2.26 bits per heavy atom. The topological polar surface area (TPSA) is 54.0 Å². The number of methoxy groups -OCH3 is 2. The van der Waals surface area contributed by atoms with Gasteiger partial charge in [0.05, 0.1) is 30.0 Å². The van der Waals surface area contributed by atoms with E-state index in [9.17, 15) is 4.79 Å². The van der Waals surface area contributed by atoms with Gasteiger partial charge in [-0.2, -0.15) is 0 Å². The number of unbranched alkanes of at least 4 members (excludes halogenated alkanes) is 1. The van der Waals surface area contributed by atoms with Gasteiger partial charge in [0.1, 0.15) is 11.5 Å². The van der Waals surface area contributed by atoms with Crippen LogP contribution in [0.3, 0.4) is 0 Å². The zero-order chi connectivity index (χ0) is 27.6. The molecule has 0 spiro atoms. The Bertz CT molecular complexity index is 1270. The molecule has 0 saturated carbocycles. The summed E-state index contributed by atoms with van der Waals surface area (Å²) >= 11 is 12.0. The zero-order valence-corrected chi connectivity index (χ0v) is 24.0. The second kappa shape index (κ2) is 14.3. The lowest BCUT2D eigenvalue weighted by atomic mass is 10.1. The van der Waals surface area contributed by atoms with Crippen LogP contribution in [0.1, 0.15) is 34.3 Å². The lowest BCUT2D eigenvalue weighted by molar-refractivity contribution is 0.0952. The fourth-order valence-corrected chi connectivity index (χ4v) is 4.88. The first kappa shape index (κ1) is 28.8. The van der Waals surface area contributed by atoms with E-state index in [1.165, 1.54) is 0 Å². The highest BCUT2D eigenvalue weighted by molar-refractivity contribution is 6.42. The second-order valence-corrected chi connectivity index (χ2v) is 10.3. The van der Waals surface area contributed by atoms with Crippen molar-refractivity contribution in [2.45, 2.75) is 12.8 Å². The average Bonchev–Trinajstić information content (AvgIpc) is 2.97. The van der Waals surface area contributed by atoms with E-state index >= 15 is 0 Å². The molecule has 1 N–H and O–H groups in total. The number of rotatable bonds is 11. The zero-order valence-electron chi connectivity index (χ0n) is 22.5. The number of nitrogens with one attached hydrogen (secondary N) is 1. The normalized spacial score (nSPS) is 14.0. The van der Waals surface area contributed by atoms with Crippen LogP contribution in [0.15, 0.2) is 60.7 Å². The Labute approximate surface area is 241 Å². The van der Waals surface area contributed by atoms with Gasteiger partial charge in [-0.15, -0.1) is 0 Å². The van der Waals surface area contributed by atoms with Crippen LogP contribution in [0.25, 0.3) is 12.2 Å². The minimum atomic E-state index is -0.0444. The number of benzene rings is 3. The van der Waals surface area contributed by atoms with E-state index in [2.05, 4.69) is 21.2 Å². The van der Waals surface area contributed by atoms with E-state index in [-0.39, 0.29) is 5.91 Å². The fraction of sp³-hybridized carbons (Fsp3) is 0.323. The van der Waals surface area contributed by atoms with Gasteiger partial charge >= 0.3 is 0 Å². The maximum absolute atomic E-state index is 12.5. The number of nitrogens with zero attached hydrogens (tertiary/aromatic N) is 2. The Morgan fingerprint density at radius 1 is 0.846 bits per heavy atom. The first-order valence-electron chi connectivity index (χ1n) is 13.2. The summed E-state index contributed by atoms with van der Waals surface area (Å²) in [6, 6.07) is 19.0. The molecule has 1 heterocycles. The summed E-state index contributed by atoms with van der Waals surface area (Å²) in [5.41, 5.74) is 3.73. The van der Waals surface area contributed by atoms with Crippen LogP contribution in [0.2, 0.25) is 10.0 Å². The van der Waals surface area contributed by atoms with Gasteiger partial charge in [-0.3, -0.25) is 9.69 Å². The molecule has 4 rings (SSSR count). The van der Waals surface area contributed by atoms with Crippen molar-refractivity contribution in [1.82, 2.24) is 10.2 Å². The maximum atomic E-state index is 12.5. The molecule has 6 nitrogen and oxygen atoms in total. The third kappa shape index (κ3) is 8.15. The predicted octanol–water partition coefficient (Wildman–Crippen LogP) is 6.51. The van der Waals surface area contributed by atoms with Gasteiger partial charge in [0, 0.05) is 44.4 Å². The maximum Gasteiger partial charge on any atom is 0.251 e. The summed E-state index contributed by atoms with van der Waals surface area (Å²) in [5.74, 6) is 1.59. The minimum absolute atomic E-state index is 0.0444. The molecule has 3 aromatic rings. The molecule has 0 radical (unpaired) electrons. The minimum Gasteiger partial charge on any atom is -0.497 e. The SMILES string of the molecule is COc1ccc(N2CCN(CCCCNC(=O)c3ccc(/C=C/c4ccc(Cl)c(Cl)c4)cc3)CC2)c(OC)c1. The lowest BCUT2D eigenvalue weighted by Gasteiger charge is -2.36. The average molecular weight is 569 g/mol. The van der Waals surface area contributed by atoms with Crippen molar-refractivity contribution in [2.75, 3.05) is 58.4 Å². The standard InChI is InChI=1S/C31H35Cl2N3O3/c1-38-26-12-14-29(30(22-26)39-2)36-19-17-35(18-20-36)16-4-3-15-34-31(37)25-10-7-23(8-11-25)5-6-24-9-13-27(32)28(33)21-24/h5-14,21-22H,3-4,15-20H2,1-2H3,(H,34,37)/b6-5+. The summed E-state index contributed by atoms with van der Waals surface area (Å²) < 4.78 is 10.9. The van der Waals surface area contributed by atoms with Gasteiger partial charge in [0.15, 0.2) is 0 Å². The summed E-state index contributed by atoms with van der Waals surface area (Å²) in [5, 5.41) is 4.10. The number of hydrogen-bond donors (Lipinski definition) is 1. The van der Waals surface area contributed by atoms with Crippen LogP contribution in [0, 0.1) is 0 Å². The van der Waals surface area contributed by atoms with Crippen molar-refractivity contribution in [3.05, 3.63) is 87.4 Å². The number of carbonyl (C=O) groups excluding carboxylic acids is 1.